The van der Waals surface area contributed by atoms with Crippen molar-refractivity contribution in [3.05, 3.63) is 23.9 Å². The highest BCUT2D eigenvalue weighted by Crippen LogP contribution is 2.38. The van der Waals surface area contributed by atoms with E-state index in [0.29, 0.717) is 12.1 Å². The number of fused-ring (bicyclic) bond motifs is 2. The summed E-state index contributed by atoms with van der Waals surface area (Å²) in [6, 6.07) is 4.08. The Hall–Kier alpha value is -2.31. The minimum atomic E-state index is -0.970. The van der Waals surface area contributed by atoms with Gasteiger partial charge in [-0.25, -0.2) is 14.6 Å². The summed E-state index contributed by atoms with van der Waals surface area (Å²) in [7, 11) is 0. The van der Waals surface area contributed by atoms with E-state index in [-0.39, 0.29) is 17.7 Å². The van der Waals surface area contributed by atoms with Crippen molar-refractivity contribution in [3.8, 4) is 0 Å². The minimum absolute atomic E-state index is 0.0990. The number of carboxylic acids is 1. The molecule has 0 unspecified atom stereocenters. The summed E-state index contributed by atoms with van der Waals surface area (Å²) in [6.07, 6.45) is 4.84. The molecule has 0 saturated carbocycles. The molecule has 1 aromatic heterocycles. The fourth-order valence-electron chi connectivity index (χ4n) is 3.81. The van der Waals surface area contributed by atoms with Gasteiger partial charge in [0.15, 0.2) is 0 Å². The summed E-state index contributed by atoms with van der Waals surface area (Å²) in [5.74, 6) is -0.157. The molecule has 136 valence electrons. The Kier molecular flexibility index (Phi) is 4.58. The van der Waals surface area contributed by atoms with Crippen LogP contribution >= 0.6 is 0 Å². The average molecular weight is 347 g/mol. The van der Waals surface area contributed by atoms with Gasteiger partial charge in [-0.1, -0.05) is 0 Å². The number of carbonyl (C=O) groups excluding carboxylic acids is 1. The Labute approximate surface area is 147 Å². The molecule has 0 radical (unpaired) electrons. The van der Waals surface area contributed by atoms with Gasteiger partial charge in [0, 0.05) is 24.3 Å². The van der Waals surface area contributed by atoms with E-state index in [1.807, 2.05) is 20.8 Å². The van der Waals surface area contributed by atoms with Gasteiger partial charge in [0.1, 0.15) is 11.4 Å². The highest BCUT2D eigenvalue weighted by Gasteiger charge is 2.42. The van der Waals surface area contributed by atoms with Crippen LogP contribution < -0.4 is 10.2 Å². The first-order valence-corrected chi connectivity index (χ1v) is 8.70. The lowest BCUT2D eigenvalue weighted by atomic mass is 9.97. The van der Waals surface area contributed by atoms with E-state index >= 15 is 0 Å². The number of piperidine rings is 1. The number of rotatable bonds is 3. The van der Waals surface area contributed by atoms with E-state index in [2.05, 4.69) is 15.2 Å². The lowest BCUT2D eigenvalue weighted by Gasteiger charge is -2.40. The van der Waals surface area contributed by atoms with Gasteiger partial charge in [0.2, 0.25) is 0 Å². The summed E-state index contributed by atoms with van der Waals surface area (Å²) in [6.45, 7) is 5.56. The molecular weight excluding hydrogens is 322 g/mol. The number of aromatic carboxylic acids is 1. The Morgan fingerprint density at radius 1 is 1.24 bits per heavy atom. The number of pyridine rings is 1. The smallest absolute Gasteiger partial charge is 0.407 e. The van der Waals surface area contributed by atoms with E-state index in [0.717, 1.165) is 31.5 Å². The van der Waals surface area contributed by atoms with Crippen LogP contribution in [0.1, 0.15) is 56.8 Å². The molecule has 0 aliphatic carbocycles. The fourth-order valence-corrected chi connectivity index (χ4v) is 3.81. The van der Waals surface area contributed by atoms with E-state index in [1.165, 1.54) is 6.20 Å². The maximum Gasteiger partial charge on any atom is 0.407 e. The number of ether oxygens (including phenoxy) is 1. The van der Waals surface area contributed by atoms with E-state index in [4.69, 9.17) is 9.84 Å². The third-order valence-electron chi connectivity index (χ3n) is 4.71. The number of nitrogens with zero attached hydrogens (tertiary/aromatic N) is 2. The summed E-state index contributed by atoms with van der Waals surface area (Å²) in [5.41, 5.74) is -0.308. The Bertz CT molecular complexity index is 639. The zero-order chi connectivity index (χ0) is 18.2. The fraction of sp³-hybridized carbons (Fsp3) is 0.611. The van der Waals surface area contributed by atoms with Gasteiger partial charge in [-0.15, -0.1) is 0 Å². The summed E-state index contributed by atoms with van der Waals surface area (Å²) in [4.78, 5) is 29.6. The van der Waals surface area contributed by atoms with Crippen LogP contribution in [0.2, 0.25) is 0 Å². The maximum absolute atomic E-state index is 12.0. The van der Waals surface area contributed by atoms with Gasteiger partial charge in [0.25, 0.3) is 0 Å². The number of carboxylic acid groups (broad SMARTS) is 1. The molecule has 2 N–H and O–H groups in total. The Morgan fingerprint density at radius 2 is 1.88 bits per heavy atom. The molecule has 3 rings (SSSR count). The number of nitrogens with one attached hydrogen (secondary N) is 1. The van der Waals surface area contributed by atoms with E-state index in [1.54, 1.807) is 12.1 Å². The van der Waals surface area contributed by atoms with Gasteiger partial charge in [-0.2, -0.15) is 0 Å². The average Bonchev–Trinajstić information content (AvgIpc) is 2.76. The number of anilines is 1. The second-order valence-electron chi connectivity index (χ2n) is 7.82. The van der Waals surface area contributed by atoms with Crippen molar-refractivity contribution in [3.63, 3.8) is 0 Å². The third kappa shape index (κ3) is 4.03. The SMILES string of the molecule is CC(C)(C)OC(=O)N[C@H]1C[C@H]2CC[C@@H](C1)N2c1ccc(C(=O)O)cn1. The topological polar surface area (TPSA) is 91.8 Å². The van der Waals surface area contributed by atoms with Crippen molar-refractivity contribution in [2.45, 2.75) is 70.2 Å². The number of hydrogen-bond donors (Lipinski definition) is 2. The van der Waals surface area contributed by atoms with Crippen LogP contribution in [0.25, 0.3) is 0 Å². The molecule has 2 saturated heterocycles. The highest BCUT2D eigenvalue weighted by molar-refractivity contribution is 5.87. The number of aromatic nitrogens is 1. The monoisotopic (exact) mass is 347 g/mol. The predicted octanol–water partition coefficient (Wildman–Crippen LogP) is 2.80. The van der Waals surface area contributed by atoms with Gasteiger partial charge in [-0.05, 0) is 58.6 Å². The van der Waals surface area contributed by atoms with Gasteiger partial charge >= 0.3 is 12.1 Å². The Morgan fingerprint density at radius 3 is 2.36 bits per heavy atom. The lowest BCUT2D eigenvalue weighted by molar-refractivity contribution is 0.0492. The first kappa shape index (κ1) is 17.5. The third-order valence-corrected chi connectivity index (χ3v) is 4.71. The molecule has 1 aromatic rings. The number of alkyl carbamates (subject to hydrolysis) is 1. The van der Waals surface area contributed by atoms with Crippen molar-refractivity contribution in [1.82, 2.24) is 10.3 Å². The van der Waals surface area contributed by atoms with Crippen LogP contribution in [-0.2, 0) is 4.74 Å². The van der Waals surface area contributed by atoms with Crippen molar-refractivity contribution in [2.24, 2.45) is 0 Å². The number of hydrogen-bond acceptors (Lipinski definition) is 5. The van der Waals surface area contributed by atoms with Crippen LogP contribution in [0.3, 0.4) is 0 Å². The summed E-state index contributed by atoms with van der Waals surface area (Å²) in [5, 5.41) is 12.0. The lowest BCUT2D eigenvalue weighted by Crippen LogP contribution is -2.51. The molecule has 7 nitrogen and oxygen atoms in total. The highest BCUT2D eigenvalue weighted by atomic mass is 16.6. The van der Waals surface area contributed by atoms with Crippen LogP contribution in [0, 0.1) is 0 Å². The largest absolute Gasteiger partial charge is 0.478 e. The second-order valence-corrected chi connectivity index (χ2v) is 7.82. The molecule has 1 amide bonds. The molecule has 2 aliphatic heterocycles. The van der Waals surface area contributed by atoms with E-state index < -0.39 is 11.6 Å². The van der Waals surface area contributed by atoms with Gasteiger partial charge in [0.05, 0.1) is 5.56 Å². The number of amides is 1. The molecule has 7 heteroatoms. The van der Waals surface area contributed by atoms with Crippen molar-refractivity contribution >= 4 is 17.9 Å². The first-order valence-electron chi connectivity index (χ1n) is 8.70. The molecule has 3 atom stereocenters. The van der Waals surface area contributed by atoms with Crippen molar-refractivity contribution < 1.29 is 19.4 Å². The van der Waals surface area contributed by atoms with E-state index in [9.17, 15) is 9.59 Å². The molecule has 0 spiro atoms. The first-order chi connectivity index (χ1) is 11.7. The normalized spacial score (nSPS) is 25.6. The standard InChI is InChI=1S/C18H25N3O4/c1-18(2,3)25-17(24)20-12-8-13-5-6-14(9-12)21(13)15-7-4-11(10-19-15)16(22)23/h4,7,10,12-14H,5-6,8-9H2,1-3H3,(H,20,24)(H,22,23)/t12-,13+,14-. The zero-order valence-electron chi connectivity index (χ0n) is 14.9. The molecule has 2 aliphatic rings. The molecule has 0 aromatic carbocycles. The van der Waals surface area contributed by atoms with Crippen molar-refractivity contribution in [2.75, 3.05) is 4.90 Å². The summed E-state index contributed by atoms with van der Waals surface area (Å²) >= 11 is 0. The Balaban J connectivity index is 1.64. The van der Waals surface area contributed by atoms with Crippen LogP contribution in [0.4, 0.5) is 10.6 Å². The molecular formula is C18H25N3O4. The minimum Gasteiger partial charge on any atom is -0.478 e. The molecule has 25 heavy (non-hydrogen) atoms. The second kappa shape index (κ2) is 6.54. The van der Waals surface area contributed by atoms with Crippen LogP contribution in [0.15, 0.2) is 18.3 Å². The molecule has 3 heterocycles. The molecule has 2 bridgehead atoms. The predicted molar refractivity (Wildman–Crippen MR) is 92.9 cm³/mol. The van der Waals surface area contributed by atoms with Crippen LogP contribution in [0.5, 0.6) is 0 Å². The maximum atomic E-state index is 12.0. The van der Waals surface area contributed by atoms with Crippen molar-refractivity contribution in [1.29, 1.82) is 0 Å². The molecule has 2 fully saturated rings. The van der Waals surface area contributed by atoms with Gasteiger partial charge < -0.3 is 20.1 Å². The zero-order valence-corrected chi connectivity index (χ0v) is 14.9. The van der Waals surface area contributed by atoms with Gasteiger partial charge in [-0.3, -0.25) is 0 Å². The number of carbonyl (C=O) groups is 2. The quantitative estimate of drug-likeness (QED) is 0.873. The summed E-state index contributed by atoms with van der Waals surface area (Å²) < 4.78 is 5.35. The van der Waals surface area contributed by atoms with Crippen LogP contribution in [-0.4, -0.2) is 45.9 Å².